The van der Waals surface area contributed by atoms with E-state index in [1.165, 1.54) is 58.0 Å². The summed E-state index contributed by atoms with van der Waals surface area (Å²) >= 11 is 0. The molecule has 1 saturated carbocycles. The Morgan fingerprint density at radius 1 is 1.16 bits per heavy atom. The van der Waals surface area contributed by atoms with Gasteiger partial charge in [0.1, 0.15) is 0 Å². The third-order valence-corrected chi connectivity index (χ3v) is 6.38. The zero-order valence-corrected chi connectivity index (χ0v) is 13.3. The fourth-order valence-electron chi connectivity index (χ4n) is 4.47. The maximum Gasteiger partial charge on any atom is 0.0138 e. The van der Waals surface area contributed by atoms with Crippen molar-refractivity contribution in [3.63, 3.8) is 0 Å². The smallest absolute Gasteiger partial charge is 0.0138 e. The van der Waals surface area contributed by atoms with Crippen LogP contribution in [0.5, 0.6) is 0 Å². The number of hydrogen-bond donors (Lipinski definition) is 1. The second-order valence-corrected chi connectivity index (χ2v) is 7.08. The van der Waals surface area contributed by atoms with Crippen LogP contribution in [-0.4, -0.2) is 30.6 Å². The summed E-state index contributed by atoms with van der Waals surface area (Å²) in [5.74, 6) is 1.71. The SMILES string of the molecule is CCC1CCC(CN)C(N2CCC(CC)(CC)C2)C1. The predicted molar refractivity (Wildman–Crippen MR) is 83.2 cm³/mol. The average Bonchev–Trinajstić information content (AvgIpc) is 2.91. The number of nitrogens with two attached hydrogens (primary N) is 1. The van der Waals surface area contributed by atoms with Crippen LogP contribution in [0.2, 0.25) is 0 Å². The Kier molecular flexibility index (Phi) is 5.30. The summed E-state index contributed by atoms with van der Waals surface area (Å²) in [5, 5.41) is 0. The molecule has 2 nitrogen and oxygen atoms in total. The minimum atomic E-state index is 0.609. The minimum Gasteiger partial charge on any atom is -0.330 e. The van der Waals surface area contributed by atoms with Gasteiger partial charge in [-0.05, 0) is 62.4 Å². The van der Waals surface area contributed by atoms with Gasteiger partial charge in [0.25, 0.3) is 0 Å². The Balaban J connectivity index is 2.02. The van der Waals surface area contributed by atoms with E-state index < -0.39 is 0 Å². The Labute approximate surface area is 120 Å². The van der Waals surface area contributed by atoms with Gasteiger partial charge in [0.05, 0.1) is 0 Å². The molecule has 0 amide bonds. The van der Waals surface area contributed by atoms with Crippen LogP contribution in [0, 0.1) is 17.3 Å². The molecule has 2 N–H and O–H groups in total. The minimum absolute atomic E-state index is 0.609. The second-order valence-electron chi connectivity index (χ2n) is 7.08. The standard InChI is InChI=1S/C17H34N2/c1-4-14-7-8-15(12-18)16(11-14)19-10-9-17(5-2,6-3)13-19/h14-16H,4-13,18H2,1-3H3. The first kappa shape index (κ1) is 15.3. The second kappa shape index (κ2) is 6.58. The molecule has 0 aromatic heterocycles. The van der Waals surface area contributed by atoms with Gasteiger partial charge < -0.3 is 5.73 Å². The lowest BCUT2D eigenvalue weighted by atomic mass is 9.76. The molecule has 2 fully saturated rings. The largest absolute Gasteiger partial charge is 0.330 e. The van der Waals surface area contributed by atoms with Crippen molar-refractivity contribution in [2.24, 2.45) is 23.0 Å². The van der Waals surface area contributed by atoms with Crippen LogP contribution in [0.25, 0.3) is 0 Å². The normalized spacial score (nSPS) is 35.7. The van der Waals surface area contributed by atoms with Crippen LogP contribution in [-0.2, 0) is 0 Å². The van der Waals surface area contributed by atoms with E-state index in [0.717, 1.165) is 24.4 Å². The zero-order chi connectivity index (χ0) is 13.9. The fourth-order valence-corrected chi connectivity index (χ4v) is 4.47. The Morgan fingerprint density at radius 2 is 1.89 bits per heavy atom. The first-order chi connectivity index (χ1) is 9.18. The van der Waals surface area contributed by atoms with Crippen molar-refractivity contribution in [2.75, 3.05) is 19.6 Å². The molecule has 1 saturated heterocycles. The summed E-state index contributed by atoms with van der Waals surface area (Å²) in [6.45, 7) is 10.7. The maximum atomic E-state index is 6.05. The van der Waals surface area contributed by atoms with Gasteiger partial charge in [-0.3, -0.25) is 4.90 Å². The summed E-state index contributed by atoms with van der Waals surface area (Å²) in [4.78, 5) is 2.81. The fraction of sp³-hybridized carbons (Fsp3) is 1.00. The molecule has 3 atom stereocenters. The lowest BCUT2D eigenvalue weighted by molar-refractivity contribution is 0.0874. The van der Waals surface area contributed by atoms with Crippen LogP contribution in [0.1, 0.15) is 65.7 Å². The highest BCUT2D eigenvalue weighted by atomic mass is 15.2. The monoisotopic (exact) mass is 266 g/mol. The third-order valence-electron chi connectivity index (χ3n) is 6.38. The lowest BCUT2D eigenvalue weighted by Crippen LogP contribution is -2.46. The molecule has 0 bridgehead atoms. The first-order valence-corrected chi connectivity index (χ1v) is 8.62. The highest BCUT2D eigenvalue weighted by molar-refractivity contribution is 4.95. The summed E-state index contributed by atoms with van der Waals surface area (Å²) in [6.07, 6.45) is 9.63. The van der Waals surface area contributed by atoms with E-state index in [-0.39, 0.29) is 0 Å². The lowest BCUT2D eigenvalue weighted by Gasteiger charge is -2.41. The molecule has 0 spiro atoms. The Morgan fingerprint density at radius 3 is 2.42 bits per heavy atom. The Bertz CT molecular complexity index is 272. The molecule has 2 rings (SSSR count). The topological polar surface area (TPSA) is 29.3 Å². The van der Waals surface area contributed by atoms with Gasteiger partial charge in [-0.1, -0.05) is 33.6 Å². The van der Waals surface area contributed by atoms with E-state index in [1.807, 2.05) is 0 Å². The summed E-state index contributed by atoms with van der Waals surface area (Å²) < 4.78 is 0. The van der Waals surface area contributed by atoms with E-state index in [0.29, 0.717) is 5.41 Å². The van der Waals surface area contributed by atoms with Crippen molar-refractivity contribution in [3.05, 3.63) is 0 Å². The van der Waals surface area contributed by atoms with Gasteiger partial charge >= 0.3 is 0 Å². The number of likely N-dealkylation sites (tertiary alicyclic amines) is 1. The third kappa shape index (κ3) is 3.16. The van der Waals surface area contributed by atoms with Crippen LogP contribution < -0.4 is 5.73 Å². The number of nitrogens with zero attached hydrogens (tertiary/aromatic N) is 1. The van der Waals surface area contributed by atoms with Crippen molar-refractivity contribution < 1.29 is 0 Å². The van der Waals surface area contributed by atoms with Gasteiger partial charge in [-0.15, -0.1) is 0 Å². The molecule has 1 aliphatic carbocycles. The molecule has 1 heterocycles. The van der Waals surface area contributed by atoms with Crippen LogP contribution in [0.4, 0.5) is 0 Å². The van der Waals surface area contributed by atoms with E-state index in [2.05, 4.69) is 25.7 Å². The van der Waals surface area contributed by atoms with Crippen molar-refractivity contribution in [1.82, 2.24) is 4.90 Å². The highest BCUT2D eigenvalue weighted by Crippen LogP contribution is 2.42. The highest BCUT2D eigenvalue weighted by Gasteiger charge is 2.41. The van der Waals surface area contributed by atoms with Crippen molar-refractivity contribution >= 4 is 0 Å². The summed E-state index contributed by atoms with van der Waals surface area (Å²) in [7, 11) is 0. The molecule has 1 aliphatic heterocycles. The molecule has 0 radical (unpaired) electrons. The molecule has 0 aromatic carbocycles. The first-order valence-electron chi connectivity index (χ1n) is 8.62. The molecule has 3 unspecified atom stereocenters. The molecule has 112 valence electrons. The van der Waals surface area contributed by atoms with Gasteiger partial charge in [-0.2, -0.15) is 0 Å². The van der Waals surface area contributed by atoms with E-state index in [4.69, 9.17) is 5.73 Å². The zero-order valence-electron chi connectivity index (χ0n) is 13.3. The molecule has 2 aliphatic rings. The van der Waals surface area contributed by atoms with Crippen molar-refractivity contribution in [3.8, 4) is 0 Å². The van der Waals surface area contributed by atoms with E-state index >= 15 is 0 Å². The van der Waals surface area contributed by atoms with Crippen LogP contribution >= 0.6 is 0 Å². The molecule has 0 aromatic rings. The number of hydrogen-bond acceptors (Lipinski definition) is 2. The average molecular weight is 266 g/mol. The molecule has 2 heteroatoms. The summed E-state index contributed by atoms with van der Waals surface area (Å²) in [5.41, 5.74) is 6.66. The van der Waals surface area contributed by atoms with Crippen LogP contribution in [0.15, 0.2) is 0 Å². The molecular formula is C17H34N2. The summed E-state index contributed by atoms with van der Waals surface area (Å²) in [6, 6.07) is 0.781. The Hall–Kier alpha value is -0.0800. The van der Waals surface area contributed by atoms with Crippen molar-refractivity contribution in [1.29, 1.82) is 0 Å². The number of rotatable bonds is 5. The quantitative estimate of drug-likeness (QED) is 0.823. The van der Waals surface area contributed by atoms with E-state index in [1.54, 1.807) is 0 Å². The maximum absolute atomic E-state index is 6.05. The van der Waals surface area contributed by atoms with Crippen molar-refractivity contribution in [2.45, 2.75) is 71.8 Å². The molecule has 19 heavy (non-hydrogen) atoms. The van der Waals surface area contributed by atoms with Crippen LogP contribution in [0.3, 0.4) is 0 Å². The van der Waals surface area contributed by atoms with Gasteiger partial charge in [0, 0.05) is 12.6 Å². The van der Waals surface area contributed by atoms with E-state index in [9.17, 15) is 0 Å². The van der Waals surface area contributed by atoms with Gasteiger partial charge in [0.15, 0.2) is 0 Å². The van der Waals surface area contributed by atoms with Gasteiger partial charge in [0.2, 0.25) is 0 Å². The predicted octanol–water partition coefficient (Wildman–Crippen LogP) is 3.65. The van der Waals surface area contributed by atoms with Gasteiger partial charge in [-0.25, -0.2) is 0 Å². The molecular weight excluding hydrogens is 232 g/mol.